The number of carbonyl (C=O) groups is 3. The van der Waals surface area contributed by atoms with Gasteiger partial charge in [-0.1, -0.05) is 50.1 Å². The van der Waals surface area contributed by atoms with E-state index in [0.29, 0.717) is 57.9 Å². The highest BCUT2D eigenvalue weighted by molar-refractivity contribution is 9.11. The van der Waals surface area contributed by atoms with Crippen molar-refractivity contribution in [1.29, 1.82) is 0 Å². The number of hydrogen-bond acceptors (Lipinski definition) is 5. The average Bonchev–Trinajstić information content (AvgIpc) is 3.22. The molecule has 45 heavy (non-hydrogen) atoms. The number of rotatable bonds is 6. The molecule has 0 aromatic heterocycles. The maximum Gasteiger partial charge on any atom is 0.410 e. The highest BCUT2D eigenvalue weighted by Gasteiger charge is 2.36. The zero-order valence-corrected chi connectivity index (χ0v) is 28.9. The van der Waals surface area contributed by atoms with Crippen molar-refractivity contribution in [1.82, 2.24) is 20.0 Å². The third-order valence-electron chi connectivity index (χ3n) is 10.1. The predicted molar refractivity (Wildman–Crippen MR) is 183 cm³/mol. The standard InChI is InChI=1S/C34H43Br2N5O4.H2/c35-27-19-23(20-28(36)22-27)21-31(32(42)39-14-7-25(8-15-39)24-5-12-37-13-6-24)45-34(44)40-16-10-29(11-17-40)41-18-9-26-3-1-2-4-30(26)38-33(41)43;/h1-4,19-20,22,24-25,29,31,37H,5-18,21H2,(H,38,43);1H/t31-;/m1./s1. The van der Waals surface area contributed by atoms with Crippen molar-refractivity contribution in [3.8, 4) is 0 Å². The van der Waals surface area contributed by atoms with Gasteiger partial charge in [-0.15, -0.1) is 0 Å². The Morgan fingerprint density at radius 1 is 0.867 bits per heavy atom. The second-order valence-corrected chi connectivity index (χ2v) is 14.7. The Morgan fingerprint density at radius 3 is 2.22 bits per heavy atom. The summed E-state index contributed by atoms with van der Waals surface area (Å²) >= 11 is 7.10. The van der Waals surface area contributed by atoms with E-state index >= 15 is 0 Å². The number of amides is 4. The molecule has 3 fully saturated rings. The molecule has 0 saturated carbocycles. The van der Waals surface area contributed by atoms with Crippen LogP contribution in [0.5, 0.6) is 0 Å². The molecule has 3 saturated heterocycles. The number of hydrogen-bond donors (Lipinski definition) is 2. The van der Waals surface area contributed by atoms with Gasteiger partial charge in [0.15, 0.2) is 6.10 Å². The predicted octanol–water partition coefficient (Wildman–Crippen LogP) is 6.30. The van der Waals surface area contributed by atoms with Crippen LogP contribution in [0, 0.1) is 11.8 Å². The number of para-hydroxylation sites is 1. The van der Waals surface area contributed by atoms with E-state index in [0.717, 1.165) is 64.0 Å². The van der Waals surface area contributed by atoms with Crippen molar-refractivity contribution in [2.24, 2.45) is 11.8 Å². The summed E-state index contributed by atoms with van der Waals surface area (Å²) in [4.78, 5) is 46.1. The van der Waals surface area contributed by atoms with Crippen LogP contribution in [-0.4, -0.2) is 90.7 Å². The first-order valence-corrected chi connectivity index (χ1v) is 18.0. The van der Waals surface area contributed by atoms with Crippen LogP contribution in [0.15, 0.2) is 51.4 Å². The normalized spacial score (nSPS) is 21.1. The van der Waals surface area contributed by atoms with Gasteiger partial charge in [-0.3, -0.25) is 4.79 Å². The summed E-state index contributed by atoms with van der Waals surface area (Å²) in [6.45, 7) is 5.18. The molecule has 9 nitrogen and oxygen atoms in total. The van der Waals surface area contributed by atoms with Crippen LogP contribution in [-0.2, 0) is 22.4 Å². The first kappa shape index (κ1) is 32.3. The van der Waals surface area contributed by atoms with Crippen molar-refractivity contribution in [2.45, 2.75) is 63.5 Å². The monoisotopic (exact) mass is 745 g/mol. The Bertz CT molecular complexity index is 1360. The Hall–Kier alpha value is -2.63. The van der Waals surface area contributed by atoms with Crippen LogP contribution in [0.1, 0.15) is 51.1 Å². The summed E-state index contributed by atoms with van der Waals surface area (Å²) in [5, 5.41) is 6.51. The first-order chi connectivity index (χ1) is 21.8. The van der Waals surface area contributed by atoms with Gasteiger partial charge in [0.25, 0.3) is 5.91 Å². The van der Waals surface area contributed by atoms with Crippen LogP contribution >= 0.6 is 31.9 Å². The molecule has 244 valence electrons. The van der Waals surface area contributed by atoms with E-state index in [1.807, 2.05) is 46.2 Å². The van der Waals surface area contributed by atoms with Crippen LogP contribution in [0.25, 0.3) is 0 Å². The van der Waals surface area contributed by atoms with Crippen molar-refractivity contribution >= 4 is 55.6 Å². The number of likely N-dealkylation sites (tertiary alicyclic amines) is 2. The number of nitrogens with zero attached hydrogens (tertiary/aromatic N) is 3. The van der Waals surface area contributed by atoms with Gasteiger partial charge in [-0.2, -0.15) is 0 Å². The van der Waals surface area contributed by atoms with E-state index in [1.165, 1.54) is 12.8 Å². The highest BCUT2D eigenvalue weighted by Crippen LogP contribution is 2.32. The third-order valence-corrected chi connectivity index (χ3v) is 11.0. The number of piperidine rings is 3. The second-order valence-electron chi connectivity index (χ2n) is 12.9. The zero-order chi connectivity index (χ0) is 31.3. The molecule has 4 amide bonds. The molecule has 4 aliphatic heterocycles. The zero-order valence-electron chi connectivity index (χ0n) is 25.7. The molecular formula is C34H45Br2N5O4. The Morgan fingerprint density at radius 2 is 1.51 bits per heavy atom. The fourth-order valence-corrected chi connectivity index (χ4v) is 8.92. The largest absolute Gasteiger partial charge is 0.436 e. The minimum absolute atomic E-state index is 0. The number of benzene rings is 2. The van der Waals surface area contributed by atoms with Crippen molar-refractivity contribution in [3.63, 3.8) is 0 Å². The van der Waals surface area contributed by atoms with Gasteiger partial charge in [0.05, 0.1) is 0 Å². The number of fused-ring (bicyclic) bond motifs is 1. The molecule has 0 radical (unpaired) electrons. The molecule has 2 aromatic rings. The van der Waals surface area contributed by atoms with E-state index in [9.17, 15) is 14.4 Å². The summed E-state index contributed by atoms with van der Waals surface area (Å²) in [6.07, 6.45) is 5.50. The molecular weight excluding hydrogens is 702 g/mol. The average molecular weight is 748 g/mol. The number of nitrogens with one attached hydrogen (secondary N) is 2. The number of anilines is 1. The number of ether oxygens (including phenoxy) is 1. The van der Waals surface area contributed by atoms with E-state index in [1.54, 1.807) is 4.90 Å². The van der Waals surface area contributed by atoms with Gasteiger partial charge in [-0.25, -0.2) is 9.59 Å². The summed E-state index contributed by atoms with van der Waals surface area (Å²) in [5.41, 5.74) is 2.92. The summed E-state index contributed by atoms with van der Waals surface area (Å²) in [7, 11) is 0. The van der Waals surface area contributed by atoms with Crippen LogP contribution in [0.2, 0.25) is 0 Å². The van der Waals surface area contributed by atoms with E-state index in [-0.39, 0.29) is 19.4 Å². The van der Waals surface area contributed by atoms with Gasteiger partial charge in [0.1, 0.15) is 0 Å². The smallest absolute Gasteiger partial charge is 0.410 e. The topological polar surface area (TPSA) is 94.2 Å². The van der Waals surface area contributed by atoms with E-state index in [2.05, 4.69) is 48.6 Å². The Labute approximate surface area is 284 Å². The molecule has 6 rings (SSSR count). The Kier molecular flexibility index (Phi) is 10.7. The maximum atomic E-state index is 13.9. The molecule has 0 bridgehead atoms. The SMILES string of the molecule is O=C(O[C@H](Cc1cc(Br)cc(Br)c1)C(=O)N1CCC(C2CCNCC2)CC1)N1CCC(N2CCc3ccccc3NC2=O)CC1.[HH]. The molecule has 2 aromatic carbocycles. The molecule has 4 heterocycles. The second kappa shape index (κ2) is 14.9. The van der Waals surface area contributed by atoms with Crippen LogP contribution < -0.4 is 10.6 Å². The molecule has 11 heteroatoms. The van der Waals surface area contributed by atoms with Crippen LogP contribution in [0.4, 0.5) is 15.3 Å². The van der Waals surface area contributed by atoms with Crippen molar-refractivity contribution in [2.75, 3.05) is 51.1 Å². The molecule has 1 atom stereocenters. The maximum absolute atomic E-state index is 13.9. The fraction of sp³-hybridized carbons (Fsp3) is 0.559. The lowest BCUT2D eigenvalue weighted by Gasteiger charge is -2.39. The minimum Gasteiger partial charge on any atom is -0.436 e. The summed E-state index contributed by atoms with van der Waals surface area (Å²) < 4.78 is 7.86. The van der Waals surface area contributed by atoms with Gasteiger partial charge >= 0.3 is 12.1 Å². The molecule has 4 aliphatic rings. The van der Waals surface area contributed by atoms with E-state index < -0.39 is 12.2 Å². The quantitative estimate of drug-likeness (QED) is 0.362. The van der Waals surface area contributed by atoms with Crippen molar-refractivity contribution < 1.29 is 20.5 Å². The lowest BCUT2D eigenvalue weighted by atomic mass is 9.79. The first-order valence-electron chi connectivity index (χ1n) is 16.4. The van der Waals surface area contributed by atoms with Gasteiger partial charge < -0.3 is 30.1 Å². The summed E-state index contributed by atoms with van der Waals surface area (Å²) in [6, 6.07) is 13.8. The fourth-order valence-electron chi connectivity index (χ4n) is 7.53. The van der Waals surface area contributed by atoms with Crippen molar-refractivity contribution in [3.05, 3.63) is 62.5 Å². The van der Waals surface area contributed by atoms with Gasteiger partial charge in [0.2, 0.25) is 0 Å². The third kappa shape index (κ3) is 8.03. The van der Waals surface area contributed by atoms with Crippen LogP contribution in [0.3, 0.4) is 0 Å². The minimum atomic E-state index is -0.901. The molecule has 0 unspecified atom stereocenters. The molecule has 0 spiro atoms. The number of halogens is 2. The molecule has 2 N–H and O–H groups in total. The van der Waals surface area contributed by atoms with E-state index in [4.69, 9.17) is 4.74 Å². The molecule has 0 aliphatic carbocycles. The Balaban J connectivity index is 0.00000417. The number of urea groups is 1. The highest BCUT2D eigenvalue weighted by atomic mass is 79.9. The lowest BCUT2D eigenvalue weighted by molar-refractivity contribution is -0.142. The number of carbonyl (C=O) groups excluding carboxylic acids is 3. The van der Waals surface area contributed by atoms with Gasteiger partial charge in [0, 0.05) is 61.2 Å². The van der Waals surface area contributed by atoms with Gasteiger partial charge in [-0.05, 0) is 105 Å². The summed E-state index contributed by atoms with van der Waals surface area (Å²) in [5.74, 6) is 1.27. The lowest BCUT2D eigenvalue weighted by Crippen LogP contribution is -2.52.